The highest BCUT2D eigenvalue weighted by Crippen LogP contribution is 2.26. The smallest absolute Gasteiger partial charge is 0.146 e. The molecule has 0 aromatic carbocycles. The largest absolute Gasteiger partial charge is 0.257 e. The van der Waals surface area contributed by atoms with Gasteiger partial charge < -0.3 is 0 Å². The lowest BCUT2D eigenvalue weighted by atomic mass is 9.85. The molecule has 0 fully saturated rings. The Labute approximate surface area is 77.0 Å². The predicted octanol–water partition coefficient (Wildman–Crippen LogP) is 2.41. The van der Waals surface area contributed by atoms with Crippen molar-refractivity contribution in [2.24, 2.45) is 0 Å². The number of hydrogen-bond donors (Lipinski definition) is 0. The van der Waals surface area contributed by atoms with Gasteiger partial charge in [0.25, 0.3) is 0 Å². The van der Waals surface area contributed by atoms with E-state index >= 15 is 0 Å². The quantitative estimate of drug-likeness (QED) is 0.697. The van der Waals surface area contributed by atoms with E-state index in [1.54, 1.807) is 6.92 Å². The maximum Gasteiger partial charge on any atom is 0.146 e. The molecule has 1 aromatic heterocycles. The number of pyridine rings is 1. The number of halogens is 1. The van der Waals surface area contributed by atoms with Crippen molar-refractivity contribution in [3.05, 3.63) is 29.8 Å². The average molecular weight is 178 g/mol. The van der Waals surface area contributed by atoms with Crippen molar-refractivity contribution < 1.29 is 4.39 Å². The van der Waals surface area contributed by atoms with Gasteiger partial charge in [-0.15, -0.1) is 0 Å². The van der Waals surface area contributed by atoms with Crippen LogP contribution in [0.4, 0.5) is 4.39 Å². The lowest BCUT2D eigenvalue weighted by Crippen LogP contribution is -2.21. The normalized spacial score (nSPS) is 14.6. The fraction of sp³-hybridized carbons (Fsp3) is 0.400. The van der Waals surface area contributed by atoms with Gasteiger partial charge in [0, 0.05) is 6.20 Å². The third kappa shape index (κ3) is 1.67. The first kappa shape index (κ1) is 9.66. The van der Waals surface area contributed by atoms with Gasteiger partial charge in [0.1, 0.15) is 5.82 Å². The summed E-state index contributed by atoms with van der Waals surface area (Å²) in [5.41, 5.74) is -0.578. The number of aromatic nitrogens is 1. The molecule has 0 spiro atoms. The van der Waals surface area contributed by atoms with Crippen LogP contribution in [0.5, 0.6) is 0 Å². The second-order valence-corrected chi connectivity index (χ2v) is 3.13. The number of hydrogen-bond acceptors (Lipinski definition) is 2. The van der Waals surface area contributed by atoms with Crippen molar-refractivity contribution in [2.75, 3.05) is 0 Å². The first-order chi connectivity index (χ1) is 6.14. The van der Waals surface area contributed by atoms with Gasteiger partial charge in [0.2, 0.25) is 0 Å². The van der Waals surface area contributed by atoms with Gasteiger partial charge in [-0.1, -0.05) is 6.92 Å². The van der Waals surface area contributed by atoms with E-state index in [1.807, 2.05) is 6.92 Å². The summed E-state index contributed by atoms with van der Waals surface area (Å²) in [5, 5.41) is 8.91. The molecule has 1 rings (SSSR count). The molecule has 68 valence electrons. The zero-order valence-corrected chi connectivity index (χ0v) is 7.71. The van der Waals surface area contributed by atoms with Gasteiger partial charge in [-0.3, -0.25) is 4.98 Å². The van der Waals surface area contributed by atoms with E-state index in [1.165, 1.54) is 18.3 Å². The fourth-order valence-electron chi connectivity index (χ4n) is 1.09. The molecule has 0 N–H and O–H groups in total. The molecule has 13 heavy (non-hydrogen) atoms. The summed E-state index contributed by atoms with van der Waals surface area (Å²) in [6.45, 7) is 3.54. The van der Waals surface area contributed by atoms with Gasteiger partial charge in [-0.2, -0.15) is 5.26 Å². The Kier molecular flexibility index (Phi) is 2.62. The molecule has 0 aliphatic rings. The standard InChI is InChI=1S/C10H11FN2/c1-3-10(2,7-12)9-8(11)5-4-6-13-9/h4-6H,3H2,1-2H3. The van der Waals surface area contributed by atoms with Crippen molar-refractivity contribution >= 4 is 0 Å². The molecule has 1 heterocycles. The van der Waals surface area contributed by atoms with Crippen molar-refractivity contribution in [2.45, 2.75) is 25.7 Å². The average Bonchev–Trinajstić information content (AvgIpc) is 2.17. The van der Waals surface area contributed by atoms with Crippen molar-refractivity contribution in [3.63, 3.8) is 0 Å². The van der Waals surface area contributed by atoms with Crippen LogP contribution < -0.4 is 0 Å². The van der Waals surface area contributed by atoms with Gasteiger partial charge in [0.15, 0.2) is 0 Å². The Morgan fingerprint density at radius 2 is 2.38 bits per heavy atom. The van der Waals surface area contributed by atoms with E-state index in [9.17, 15) is 4.39 Å². The second-order valence-electron chi connectivity index (χ2n) is 3.13. The highest BCUT2D eigenvalue weighted by molar-refractivity contribution is 5.25. The summed E-state index contributed by atoms with van der Waals surface area (Å²) in [7, 11) is 0. The molecule has 0 radical (unpaired) electrons. The van der Waals surface area contributed by atoms with Crippen LogP contribution in [0.25, 0.3) is 0 Å². The van der Waals surface area contributed by atoms with Crippen LogP contribution in [-0.2, 0) is 5.41 Å². The Bertz CT molecular complexity index is 343. The minimum Gasteiger partial charge on any atom is -0.257 e. The van der Waals surface area contributed by atoms with Crippen LogP contribution in [0.15, 0.2) is 18.3 Å². The summed E-state index contributed by atoms with van der Waals surface area (Å²) < 4.78 is 13.2. The Morgan fingerprint density at radius 3 is 2.85 bits per heavy atom. The molecule has 0 saturated carbocycles. The molecule has 0 amide bonds. The number of nitrogens with zero attached hydrogens (tertiary/aromatic N) is 2. The molecule has 3 heteroatoms. The molecule has 0 aliphatic heterocycles. The molecule has 0 aliphatic carbocycles. The zero-order chi connectivity index (χ0) is 9.90. The van der Waals surface area contributed by atoms with E-state index < -0.39 is 11.2 Å². The van der Waals surface area contributed by atoms with Gasteiger partial charge in [-0.25, -0.2) is 4.39 Å². The second kappa shape index (κ2) is 3.53. The molecule has 0 bridgehead atoms. The monoisotopic (exact) mass is 178 g/mol. The molecule has 1 atom stereocenters. The first-order valence-electron chi connectivity index (χ1n) is 4.16. The summed E-state index contributed by atoms with van der Waals surface area (Å²) in [6, 6.07) is 4.93. The highest BCUT2D eigenvalue weighted by Gasteiger charge is 2.28. The molecular formula is C10H11FN2. The van der Waals surface area contributed by atoms with Crippen LogP contribution in [-0.4, -0.2) is 4.98 Å². The zero-order valence-electron chi connectivity index (χ0n) is 7.71. The number of rotatable bonds is 2. The maximum atomic E-state index is 13.2. The molecule has 2 nitrogen and oxygen atoms in total. The van der Waals surface area contributed by atoms with Crippen LogP contribution in [0, 0.1) is 17.1 Å². The van der Waals surface area contributed by atoms with Crippen LogP contribution in [0.1, 0.15) is 26.0 Å². The van der Waals surface area contributed by atoms with Gasteiger partial charge in [-0.05, 0) is 25.5 Å². The van der Waals surface area contributed by atoms with E-state index in [4.69, 9.17) is 5.26 Å². The highest BCUT2D eigenvalue weighted by atomic mass is 19.1. The molecule has 1 aromatic rings. The topological polar surface area (TPSA) is 36.7 Å². The van der Waals surface area contributed by atoms with E-state index in [2.05, 4.69) is 11.1 Å². The van der Waals surface area contributed by atoms with E-state index in [0.29, 0.717) is 6.42 Å². The SMILES string of the molecule is CCC(C)(C#N)c1ncccc1F. The van der Waals surface area contributed by atoms with Crippen LogP contribution in [0.3, 0.4) is 0 Å². The summed E-state index contributed by atoms with van der Waals surface area (Å²) in [5.74, 6) is -0.409. The van der Waals surface area contributed by atoms with Crippen LogP contribution in [0.2, 0.25) is 0 Å². The Morgan fingerprint density at radius 1 is 1.69 bits per heavy atom. The van der Waals surface area contributed by atoms with Gasteiger partial charge >= 0.3 is 0 Å². The van der Waals surface area contributed by atoms with Crippen molar-refractivity contribution in [1.29, 1.82) is 5.26 Å². The third-order valence-electron chi connectivity index (χ3n) is 2.23. The fourth-order valence-corrected chi connectivity index (χ4v) is 1.09. The lowest BCUT2D eigenvalue weighted by Gasteiger charge is -2.18. The van der Waals surface area contributed by atoms with Gasteiger partial charge in [0.05, 0.1) is 17.2 Å². The Balaban J connectivity index is 3.22. The summed E-state index contributed by atoms with van der Waals surface area (Å²) >= 11 is 0. The van der Waals surface area contributed by atoms with Crippen molar-refractivity contribution in [1.82, 2.24) is 4.98 Å². The predicted molar refractivity (Wildman–Crippen MR) is 47.5 cm³/mol. The van der Waals surface area contributed by atoms with E-state index in [0.717, 1.165) is 0 Å². The summed E-state index contributed by atoms with van der Waals surface area (Å²) in [6.07, 6.45) is 2.06. The lowest BCUT2D eigenvalue weighted by molar-refractivity contribution is 0.506. The van der Waals surface area contributed by atoms with Crippen molar-refractivity contribution in [3.8, 4) is 6.07 Å². The third-order valence-corrected chi connectivity index (χ3v) is 2.23. The Hall–Kier alpha value is -1.43. The minimum atomic E-state index is -0.814. The minimum absolute atomic E-state index is 0.236. The molecular weight excluding hydrogens is 167 g/mol. The number of nitriles is 1. The first-order valence-corrected chi connectivity index (χ1v) is 4.16. The van der Waals surface area contributed by atoms with Crippen LogP contribution >= 0.6 is 0 Å². The molecule has 0 saturated heterocycles. The van der Waals surface area contributed by atoms with E-state index in [-0.39, 0.29) is 5.69 Å². The molecule has 1 unspecified atom stereocenters. The summed E-state index contributed by atoms with van der Waals surface area (Å²) in [4.78, 5) is 3.89. The maximum absolute atomic E-state index is 13.2.